The van der Waals surface area contributed by atoms with Crippen LogP contribution in [0.15, 0.2) is 18.2 Å². The molecule has 1 amide bonds. The molecule has 1 atom stereocenters. The van der Waals surface area contributed by atoms with Gasteiger partial charge in [-0.3, -0.25) is 4.79 Å². The Hall–Kier alpha value is -2.49. The molecule has 2 N–H and O–H groups in total. The van der Waals surface area contributed by atoms with Crippen LogP contribution in [0.2, 0.25) is 0 Å². The highest BCUT2D eigenvalue weighted by atomic mass is 19.1. The zero-order valence-corrected chi connectivity index (χ0v) is 10.4. The second-order valence-corrected chi connectivity index (χ2v) is 4.07. The second kappa shape index (κ2) is 7.19. The van der Waals surface area contributed by atoms with Crippen LogP contribution < -0.4 is 5.32 Å². The number of nitrogens with zero attached hydrogens (tertiary/aromatic N) is 1. The van der Waals surface area contributed by atoms with Gasteiger partial charge in [-0.25, -0.2) is 13.6 Å². The third-order valence-corrected chi connectivity index (χ3v) is 2.54. The van der Waals surface area contributed by atoms with Crippen molar-refractivity contribution in [2.24, 2.45) is 0 Å². The average molecular weight is 282 g/mol. The van der Waals surface area contributed by atoms with Crippen LogP contribution in [0.1, 0.15) is 18.4 Å². The number of carbonyl (C=O) groups excluding carboxylic acids is 1. The fraction of sp³-hybridized carbons (Fsp3) is 0.308. The summed E-state index contributed by atoms with van der Waals surface area (Å²) in [5, 5.41) is 19.4. The molecule has 20 heavy (non-hydrogen) atoms. The molecule has 0 spiro atoms. The van der Waals surface area contributed by atoms with E-state index in [1.54, 1.807) is 6.07 Å². The summed E-state index contributed by atoms with van der Waals surface area (Å²) in [7, 11) is 0. The van der Waals surface area contributed by atoms with Crippen molar-refractivity contribution in [1.82, 2.24) is 5.32 Å². The molecule has 0 aliphatic heterocycles. The lowest BCUT2D eigenvalue weighted by Crippen LogP contribution is -2.41. The monoisotopic (exact) mass is 282 g/mol. The van der Waals surface area contributed by atoms with Crippen LogP contribution in [-0.2, 0) is 16.0 Å². The van der Waals surface area contributed by atoms with Gasteiger partial charge in [0, 0.05) is 12.5 Å². The number of carbonyl (C=O) groups is 2. The summed E-state index contributed by atoms with van der Waals surface area (Å²) in [6, 6.07) is 3.35. The van der Waals surface area contributed by atoms with Gasteiger partial charge in [0.1, 0.15) is 17.7 Å². The van der Waals surface area contributed by atoms with Crippen LogP contribution in [0.3, 0.4) is 0 Å². The molecule has 0 saturated carbocycles. The normalized spacial score (nSPS) is 11.4. The fourth-order valence-corrected chi connectivity index (χ4v) is 1.55. The summed E-state index contributed by atoms with van der Waals surface area (Å²) in [5.74, 6) is -3.61. The molecular weight excluding hydrogens is 270 g/mol. The smallest absolute Gasteiger partial charge is 0.326 e. The molecule has 106 valence electrons. The van der Waals surface area contributed by atoms with Crippen LogP contribution in [0.5, 0.6) is 0 Å². The van der Waals surface area contributed by atoms with Crippen molar-refractivity contribution >= 4 is 11.9 Å². The summed E-state index contributed by atoms with van der Waals surface area (Å²) in [6.07, 6.45) is -0.464. The lowest BCUT2D eigenvalue weighted by Gasteiger charge is -2.13. The Bertz CT molecular complexity index is 555. The lowest BCUT2D eigenvalue weighted by molar-refractivity contribution is -0.141. The first-order chi connectivity index (χ1) is 9.43. The van der Waals surface area contributed by atoms with Gasteiger partial charge in [-0.2, -0.15) is 5.26 Å². The second-order valence-electron chi connectivity index (χ2n) is 4.07. The molecule has 0 bridgehead atoms. The summed E-state index contributed by atoms with van der Waals surface area (Å²) in [6.45, 7) is 0. The van der Waals surface area contributed by atoms with Crippen molar-refractivity contribution < 1.29 is 23.5 Å². The number of halogens is 2. The van der Waals surface area contributed by atoms with E-state index in [4.69, 9.17) is 10.4 Å². The number of rotatable bonds is 6. The number of carboxylic acid groups (broad SMARTS) is 1. The van der Waals surface area contributed by atoms with Crippen LogP contribution in [0.4, 0.5) is 8.78 Å². The van der Waals surface area contributed by atoms with Crippen molar-refractivity contribution in [2.75, 3.05) is 0 Å². The minimum absolute atomic E-state index is 0.0256. The van der Waals surface area contributed by atoms with E-state index in [0.717, 1.165) is 12.1 Å². The molecule has 0 saturated heterocycles. The van der Waals surface area contributed by atoms with Gasteiger partial charge >= 0.3 is 5.97 Å². The summed E-state index contributed by atoms with van der Waals surface area (Å²) >= 11 is 0. The number of amides is 1. The highest BCUT2D eigenvalue weighted by Crippen LogP contribution is 2.10. The number of nitriles is 1. The first-order valence-corrected chi connectivity index (χ1v) is 5.77. The first-order valence-electron chi connectivity index (χ1n) is 5.77. The Labute approximate surface area is 113 Å². The van der Waals surface area contributed by atoms with E-state index in [2.05, 4.69) is 5.32 Å². The minimum atomic E-state index is -1.27. The van der Waals surface area contributed by atoms with Gasteiger partial charge in [-0.15, -0.1) is 0 Å². The maximum absolute atomic E-state index is 13.3. The Morgan fingerprint density at radius 3 is 2.65 bits per heavy atom. The third-order valence-electron chi connectivity index (χ3n) is 2.54. The fourth-order valence-electron chi connectivity index (χ4n) is 1.55. The first kappa shape index (κ1) is 15.6. The van der Waals surface area contributed by atoms with Crippen LogP contribution >= 0.6 is 0 Å². The maximum Gasteiger partial charge on any atom is 0.326 e. The molecular formula is C13H12F2N2O3. The standard InChI is InChI=1S/C13H12F2N2O3/c14-9-4-3-8(10(15)7-9)6-12(18)17-11(13(19)20)2-1-5-16/h3-4,7,11H,1-2,6H2,(H,17,18)(H,19,20)/t11-/m1/s1. The number of hydrogen-bond donors (Lipinski definition) is 2. The highest BCUT2D eigenvalue weighted by molar-refractivity contribution is 5.84. The molecule has 7 heteroatoms. The molecule has 1 aromatic rings. The zero-order valence-electron chi connectivity index (χ0n) is 10.4. The summed E-state index contributed by atoms with van der Waals surface area (Å²) in [4.78, 5) is 22.5. The Morgan fingerprint density at radius 1 is 1.40 bits per heavy atom. The molecule has 0 aliphatic carbocycles. The van der Waals surface area contributed by atoms with Gasteiger partial charge in [0.15, 0.2) is 0 Å². The molecule has 1 aromatic carbocycles. The van der Waals surface area contributed by atoms with E-state index in [9.17, 15) is 18.4 Å². The van der Waals surface area contributed by atoms with E-state index in [-0.39, 0.29) is 18.4 Å². The van der Waals surface area contributed by atoms with Crippen molar-refractivity contribution in [3.8, 4) is 6.07 Å². The lowest BCUT2D eigenvalue weighted by atomic mass is 10.1. The van der Waals surface area contributed by atoms with Gasteiger partial charge < -0.3 is 10.4 Å². The number of nitrogens with one attached hydrogen (secondary N) is 1. The van der Waals surface area contributed by atoms with Gasteiger partial charge in [0.05, 0.1) is 12.5 Å². The Balaban J connectivity index is 2.66. The van der Waals surface area contributed by atoms with E-state index in [1.807, 2.05) is 0 Å². The third kappa shape index (κ3) is 4.65. The van der Waals surface area contributed by atoms with Gasteiger partial charge in [-0.05, 0) is 18.1 Å². The zero-order chi connectivity index (χ0) is 15.1. The summed E-state index contributed by atoms with van der Waals surface area (Å²) < 4.78 is 26.0. The number of aliphatic carboxylic acids is 1. The summed E-state index contributed by atoms with van der Waals surface area (Å²) in [5.41, 5.74) is -0.0340. The maximum atomic E-state index is 13.3. The van der Waals surface area contributed by atoms with Crippen molar-refractivity contribution in [2.45, 2.75) is 25.3 Å². The predicted octanol–water partition coefficient (Wildman–Crippen LogP) is 1.38. The van der Waals surface area contributed by atoms with Crippen molar-refractivity contribution in [3.05, 3.63) is 35.4 Å². The van der Waals surface area contributed by atoms with E-state index < -0.39 is 36.0 Å². The number of carboxylic acids is 1. The van der Waals surface area contributed by atoms with Crippen molar-refractivity contribution in [3.63, 3.8) is 0 Å². The van der Waals surface area contributed by atoms with Gasteiger partial charge in [-0.1, -0.05) is 6.07 Å². The van der Waals surface area contributed by atoms with E-state index in [1.165, 1.54) is 0 Å². The molecule has 0 unspecified atom stereocenters. The predicted molar refractivity (Wildman–Crippen MR) is 64.5 cm³/mol. The van der Waals surface area contributed by atoms with Gasteiger partial charge in [0.25, 0.3) is 0 Å². The molecule has 5 nitrogen and oxygen atoms in total. The molecule has 0 aliphatic rings. The quantitative estimate of drug-likeness (QED) is 0.824. The largest absolute Gasteiger partial charge is 0.480 e. The number of benzene rings is 1. The molecule has 0 heterocycles. The van der Waals surface area contributed by atoms with E-state index >= 15 is 0 Å². The SMILES string of the molecule is N#CCC[C@@H](NC(=O)Cc1ccc(F)cc1F)C(=O)O. The number of hydrogen-bond acceptors (Lipinski definition) is 3. The van der Waals surface area contributed by atoms with Crippen LogP contribution in [0.25, 0.3) is 0 Å². The minimum Gasteiger partial charge on any atom is -0.480 e. The molecule has 0 fully saturated rings. The van der Waals surface area contributed by atoms with Crippen LogP contribution in [-0.4, -0.2) is 23.0 Å². The van der Waals surface area contributed by atoms with Crippen LogP contribution in [0, 0.1) is 23.0 Å². The van der Waals surface area contributed by atoms with E-state index in [0.29, 0.717) is 6.07 Å². The van der Waals surface area contributed by atoms with Gasteiger partial charge in [0.2, 0.25) is 5.91 Å². The topological polar surface area (TPSA) is 90.2 Å². The Kier molecular flexibility index (Phi) is 5.59. The molecule has 0 radical (unpaired) electrons. The van der Waals surface area contributed by atoms with Crippen molar-refractivity contribution in [1.29, 1.82) is 5.26 Å². The Morgan fingerprint density at radius 2 is 2.10 bits per heavy atom. The average Bonchev–Trinajstić information content (AvgIpc) is 2.37. The molecule has 0 aromatic heterocycles. The highest BCUT2D eigenvalue weighted by Gasteiger charge is 2.20. The molecule has 1 rings (SSSR count).